The van der Waals surface area contributed by atoms with Crippen LogP contribution in [-0.4, -0.2) is 25.1 Å². The summed E-state index contributed by atoms with van der Waals surface area (Å²) < 4.78 is 39.3. The Labute approximate surface area is 122 Å². The van der Waals surface area contributed by atoms with Crippen LogP contribution in [0.5, 0.6) is 0 Å². The molecule has 2 radical (unpaired) electrons. The smallest absolute Gasteiger partial charge is 0.393 e. The van der Waals surface area contributed by atoms with Crippen molar-refractivity contribution >= 4 is 13.8 Å². The van der Waals surface area contributed by atoms with Gasteiger partial charge >= 0.3 is 12.1 Å². The molecule has 21 heavy (non-hydrogen) atoms. The van der Waals surface area contributed by atoms with Crippen LogP contribution in [0.1, 0.15) is 25.7 Å². The molecule has 0 heterocycles. The van der Waals surface area contributed by atoms with Crippen LogP contribution in [0.25, 0.3) is 0 Å². The van der Waals surface area contributed by atoms with Crippen molar-refractivity contribution in [2.24, 2.45) is 11.8 Å². The molecule has 0 aromatic rings. The number of carboxylic acid groups (broad SMARTS) is 1. The average molecular weight is 296 g/mol. The predicted molar refractivity (Wildman–Crippen MR) is 73.9 cm³/mol. The Morgan fingerprint density at radius 3 is 2.71 bits per heavy atom. The summed E-state index contributed by atoms with van der Waals surface area (Å²) in [4.78, 5) is 10.7. The molecule has 6 heteroatoms. The van der Waals surface area contributed by atoms with Gasteiger partial charge in [-0.2, -0.15) is 13.2 Å². The zero-order valence-electron chi connectivity index (χ0n) is 11.4. The average Bonchev–Trinajstić information content (AvgIpc) is 2.69. The molecule has 0 saturated heterocycles. The van der Waals surface area contributed by atoms with E-state index in [0.717, 1.165) is 18.6 Å². The number of hydrogen-bond donors (Lipinski definition) is 1. The van der Waals surface area contributed by atoms with Crippen LogP contribution in [0.3, 0.4) is 0 Å². The summed E-state index contributed by atoms with van der Waals surface area (Å²) in [7, 11) is 5.49. The number of alkyl halides is 3. The van der Waals surface area contributed by atoms with E-state index in [-0.39, 0.29) is 18.3 Å². The Balaban J connectivity index is 2.18. The molecular weight excluding hydrogens is 280 g/mol. The number of hydrogen-bond acceptors (Lipinski definition) is 1. The molecule has 112 valence electrons. The molecule has 1 fully saturated rings. The van der Waals surface area contributed by atoms with Gasteiger partial charge in [0.2, 0.25) is 0 Å². The first kappa shape index (κ1) is 15.9. The van der Waals surface area contributed by atoms with Gasteiger partial charge in [0.05, 0.1) is 13.2 Å². The van der Waals surface area contributed by atoms with Crippen molar-refractivity contribution < 1.29 is 23.1 Å². The molecule has 0 bridgehead atoms. The maximum Gasteiger partial charge on any atom is 0.393 e. The Hall–Kier alpha value is -1.46. The number of allylic oxidation sites excluding steroid dienone is 6. The summed E-state index contributed by atoms with van der Waals surface area (Å²) in [6.07, 6.45) is 4.04. The Bertz CT molecular complexity index is 508. The first-order valence-electron chi connectivity index (χ1n) is 6.87. The van der Waals surface area contributed by atoms with E-state index in [9.17, 15) is 18.0 Å². The van der Waals surface area contributed by atoms with Gasteiger partial charge in [-0.1, -0.05) is 30.4 Å². The van der Waals surface area contributed by atoms with E-state index >= 15 is 0 Å². The van der Waals surface area contributed by atoms with Crippen LogP contribution < -0.4 is 0 Å². The van der Waals surface area contributed by atoms with E-state index in [2.05, 4.69) is 0 Å². The van der Waals surface area contributed by atoms with Crippen LogP contribution in [0.15, 0.2) is 36.0 Å². The second-order valence-corrected chi connectivity index (χ2v) is 5.77. The second-order valence-electron chi connectivity index (χ2n) is 5.77. The summed E-state index contributed by atoms with van der Waals surface area (Å²) in [5.41, 5.74) is 0.549. The van der Waals surface area contributed by atoms with Gasteiger partial charge in [-0.05, 0) is 36.7 Å². The number of carboxylic acids is 1. The van der Waals surface area contributed by atoms with Gasteiger partial charge < -0.3 is 5.11 Å². The summed E-state index contributed by atoms with van der Waals surface area (Å²) in [6.45, 7) is 0. The van der Waals surface area contributed by atoms with Crippen LogP contribution in [0, 0.1) is 11.8 Å². The highest BCUT2D eigenvalue weighted by Crippen LogP contribution is 2.48. The molecule has 1 saturated carbocycles. The zero-order chi connectivity index (χ0) is 15.7. The lowest BCUT2D eigenvalue weighted by Gasteiger charge is -2.27. The molecule has 0 amide bonds. The highest BCUT2D eigenvalue weighted by atomic mass is 19.4. The molecule has 3 atom stereocenters. The fourth-order valence-corrected chi connectivity index (χ4v) is 2.99. The standard InChI is InChI=1S/C15H16BF3O2/c16-14(15(17,18)19)6-2-1-3-12(9-14)11-5-4-10(7-11)8-13(20)21/h1-3,6,9-11H,4-5,7-8H2,(H,20,21). The molecule has 2 aliphatic rings. The van der Waals surface area contributed by atoms with Crippen molar-refractivity contribution in [2.75, 3.05) is 0 Å². The quantitative estimate of drug-likeness (QED) is 0.804. The normalized spacial score (nSPS) is 32.8. The Kier molecular flexibility index (Phi) is 4.35. The van der Waals surface area contributed by atoms with E-state index in [4.69, 9.17) is 13.0 Å². The van der Waals surface area contributed by atoms with Gasteiger partial charge in [-0.3, -0.25) is 4.79 Å². The van der Waals surface area contributed by atoms with Gasteiger partial charge in [0.1, 0.15) is 0 Å². The van der Waals surface area contributed by atoms with E-state index < -0.39 is 17.5 Å². The largest absolute Gasteiger partial charge is 0.481 e. The van der Waals surface area contributed by atoms with Crippen molar-refractivity contribution in [1.29, 1.82) is 0 Å². The fourth-order valence-electron chi connectivity index (χ4n) is 2.99. The minimum Gasteiger partial charge on any atom is -0.481 e. The third kappa shape index (κ3) is 3.60. The highest BCUT2D eigenvalue weighted by Gasteiger charge is 2.47. The number of carbonyl (C=O) groups is 1. The lowest BCUT2D eigenvalue weighted by atomic mass is 9.66. The fraction of sp³-hybridized carbons (Fsp3) is 0.533. The number of aliphatic carboxylic acids is 1. The van der Waals surface area contributed by atoms with Crippen molar-refractivity contribution in [2.45, 2.75) is 37.2 Å². The summed E-state index contributed by atoms with van der Waals surface area (Å²) in [5, 5.41) is 6.34. The topological polar surface area (TPSA) is 37.3 Å². The van der Waals surface area contributed by atoms with E-state index in [0.29, 0.717) is 18.4 Å². The summed E-state index contributed by atoms with van der Waals surface area (Å²) in [5.74, 6) is -0.900. The first-order chi connectivity index (χ1) is 9.71. The minimum atomic E-state index is -4.56. The van der Waals surface area contributed by atoms with Crippen LogP contribution >= 0.6 is 0 Å². The zero-order valence-corrected chi connectivity index (χ0v) is 11.4. The Morgan fingerprint density at radius 2 is 2.10 bits per heavy atom. The third-order valence-electron chi connectivity index (χ3n) is 4.14. The van der Waals surface area contributed by atoms with E-state index in [1.165, 1.54) is 6.08 Å². The molecule has 3 unspecified atom stereocenters. The molecule has 2 nitrogen and oxygen atoms in total. The highest BCUT2D eigenvalue weighted by molar-refractivity contribution is 6.19. The molecule has 2 rings (SSSR count). The van der Waals surface area contributed by atoms with E-state index in [1.54, 1.807) is 12.2 Å². The molecule has 1 N–H and O–H groups in total. The van der Waals surface area contributed by atoms with Gasteiger partial charge in [-0.25, -0.2) is 0 Å². The van der Waals surface area contributed by atoms with Crippen LogP contribution in [-0.2, 0) is 4.79 Å². The van der Waals surface area contributed by atoms with Gasteiger partial charge in [0, 0.05) is 6.42 Å². The van der Waals surface area contributed by atoms with Gasteiger partial charge in [0.15, 0.2) is 0 Å². The predicted octanol–water partition coefficient (Wildman–Crippen LogP) is 3.82. The van der Waals surface area contributed by atoms with Crippen molar-refractivity contribution in [3.8, 4) is 0 Å². The number of rotatable bonds is 3. The molecule has 0 aromatic carbocycles. The van der Waals surface area contributed by atoms with Crippen molar-refractivity contribution in [3.63, 3.8) is 0 Å². The lowest BCUT2D eigenvalue weighted by molar-refractivity contribution is -0.142. The Morgan fingerprint density at radius 1 is 1.38 bits per heavy atom. The number of halogens is 3. The maximum atomic E-state index is 13.1. The van der Waals surface area contributed by atoms with Crippen molar-refractivity contribution in [1.82, 2.24) is 0 Å². The second kappa shape index (κ2) is 5.74. The molecule has 2 aliphatic carbocycles. The minimum absolute atomic E-state index is 0.0241. The van der Waals surface area contributed by atoms with Crippen LogP contribution in [0.4, 0.5) is 13.2 Å². The summed E-state index contributed by atoms with van der Waals surface area (Å²) >= 11 is 0. The van der Waals surface area contributed by atoms with Gasteiger partial charge in [0.25, 0.3) is 0 Å². The lowest BCUT2D eigenvalue weighted by Crippen LogP contribution is -2.28. The first-order valence-corrected chi connectivity index (χ1v) is 6.87. The molecule has 0 aliphatic heterocycles. The maximum absolute atomic E-state index is 13.1. The monoisotopic (exact) mass is 296 g/mol. The molecular formula is C15H16BF3O2. The van der Waals surface area contributed by atoms with E-state index in [1.807, 2.05) is 0 Å². The van der Waals surface area contributed by atoms with Crippen LogP contribution in [0.2, 0.25) is 5.31 Å². The molecule has 0 aromatic heterocycles. The summed E-state index contributed by atoms with van der Waals surface area (Å²) in [6, 6.07) is 0. The SMILES string of the molecule is [B]C1(C(F)(F)F)C=CC=CC(C2CCC(CC(=O)O)C2)=C1. The molecule has 0 spiro atoms. The third-order valence-corrected chi connectivity index (χ3v) is 4.14. The van der Waals surface area contributed by atoms with Crippen molar-refractivity contribution in [3.05, 3.63) is 36.0 Å². The van der Waals surface area contributed by atoms with Gasteiger partial charge in [-0.15, -0.1) is 0 Å².